The van der Waals surface area contributed by atoms with E-state index in [0.29, 0.717) is 18.5 Å². The molecule has 0 atom stereocenters. The van der Waals surface area contributed by atoms with E-state index in [0.717, 1.165) is 32.3 Å². The van der Waals surface area contributed by atoms with Crippen molar-refractivity contribution in [2.75, 3.05) is 7.05 Å². The SMILES string of the molecule is Cc1nn(C)c2[nH]c(=O)c(CCC(=O)N(C)Cc3ccccc3Br)c(C)c12. The van der Waals surface area contributed by atoms with Crippen LogP contribution in [0.15, 0.2) is 33.5 Å². The van der Waals surface area contributed by atoms with Crippen molar-refractivity contribution in [3.8, 4) is 0 Å². The Morgan fingerprint density at radius 1 is 1.30 bits per heavy atom. The van der Waals surface area contributed by atoms with E-state index in [4.69, 9.17) is 0 Å². The Kier molecular flexibility index (Phi) is 5.51. The van der Waals surface area contributed by atoms with Gasteiger partial charge in [-0.2, -0.15) is 5.10 Å². The number of aromatic nitrogens is 3. The van der Waals surface area contributed by atoms with Crippen molar-refractivity contribution in [1.82, 2.24) is 19.7 Å². The summed E-state index contributed by atoms with van der Waals surface area (Å²) in [6.07, 6.45) is 0.695. The van der Waals surface area contributed by atoms with Gasteiger partial charge in [0.2, 0.25) is 5.91 Å². The average Bonchev–Trinajstić information content (AvgIpc) is 2.90. The average molecular weight is 431 g/mol. The number of benzene rings is 1. The van der Waals surface area contributed by atoms with E-state index in [2.05, 4.69) is 26.0 Å². The molecule has 1 aromatic carbocycles. The highest BCUT2D eigenvalue weighted by atomic mass is 79.9. The number of nitrogens with one attached hydrogen (secondary N) is 1. The van der Waals surface area contributed by atoms with E-state index in [1.165, 1.54) is 0 Å². The fourth-order valence-corrected chi connectivity index (χ4v) is 3.86. The summed E-state index contributed by atoms with van der Waals surface area (Å²) in [5, 5.41) is 5.34. The molecule has 3 aromatic rings. The number of carbonyl (C=O) groups excluding carboxylic acids is 1. The first-order chi connectivity index (χ1) is 12.8. The molecule has 2 heterocycles. The smallest absolute Gasteiger partial charge is 0.253 e. The maximum Gasteiger partial charge on any atom is 0.253 e. The number of aryl methyl sites for hydroxylation is 3. The molecule has 1 amide bonds. The molecule has 1 N–H and O–H groups in total. The van der Waals surface area contributed by atoms with Crippen LogP contribution in [0.25, 0.3) is 11.0 Å². The van der Waals surface area contributed by atoms with Crippen molar-refractivity contribution in [3.63, 3.8) is 0 Å². The zero-order valence-electron chi connectivity index (χ0n) is 16.0. The first-order valence-corrected chi connectivity index (χ1v) is 9.61. The van der Waals surface area contributed by atoms with Crippen molar-refractivity contribution in [2.45, 2.75) is 33.2 Å². The van der Waals surface area contributed by atoms with Crippen LogP contribution in [0, 0.1) is 13.8 Å². The number of fused-ring (bicyclic) bond motifs is 1. The molecular formula is C20H23BrN4O2. The Morgan fingerprint density at radius 3 is 2.70 bits per heavy atom. The second kappa shape index (κ2) is 7.68. The molecule has 3 rings (SSSR count). The Morgan fingerprint density at radius 2 is 2.00 bits per heavy atom. The zero-order chi connectivity index (χ0) is 19.7. The molecule has 6 nitrogen and oxygen atoms in total. The van der Waals surface area contributed by atoms with Crippen LogP contribution in [0.5, 0.6) is 0 Å². The van der Waals surface area contributed by atoms with E-state index < -0.39 is 0 Å². The number of halogens is 1. The van der Waals surface area contributed by atoms with Gasteiger partial charge in [-0.05, 0) is 37.5 Å². The van der Waals surface area contributed by atoms with Crippen molar-refractivity contribution in [3.05, 3.63) is 61.5 Å². The van der Waals surface area contributed by atoms with Gasteiger partial charge < -0.3 is 9.88 Å². The Labute approximate surface area is 166 Å². The number of H-pyrrole nitrogens is 1. The lowest BCUT2D eigenvalue weighted by molar-refractivity contribution is -0.130. The molecule has 0 spiro atoms. The topological polar surface area (TPSA) is 71.0 Å². The first-order valence-electron chi connectivity index (χ1n) is 8.82. The van der Waals surface area contributed by atoms with Crippen molar-refractivity contribution < 1.29 is 4.79 Å². The van der Waals surface area contributed by atoms with Gasteiger partial charge in [-0.25, -0.2) is 0 Å². The minimum atomic E-state index is -0.149. The van der Waals surface area contributed by atoms with Crippen molar-refractivity contribution in [2.24, 2.45) is 7.05 Å². The molecule has 0 unspecified atom stereocenters. The molecule has 27 heavy (non-hydrogen) atoms. The third-order valence-corrected chi connectivity index (χ3v) is 5.71. The van der Waals surface area contributed by atoms with E-state index in [1.54, 1.807) is 16.6 Å². The second-order valence-corrected chi connectivity index (χ2v) is 7.69. The number of aromatic amines is 1. The molecule has 142 valence electrons. The summed E-state index contributed by atoms with van der Waals surface area (Å²) in [6, 6.07) is 7.84. The highest BCUT2D eigenvalue weighted by Crippen LogP contribution is 2.22. The van der Waals surface area contributed by atoms with Gasteiger partial charge in [0.1, 0.15) is 5.65 Å². The van der Waals surface area contributed by atoms with Gasteiger partial charge in [0.05, 0.1) is 5.69 Å². The largest absolute Gasteiger partial charge is 0.341 e. The number of nitrogens with zero attached hydrogens (tertiary/aromatic N) is 3. The summed E-state index contributed by atoms with van der Waals surface area (Å²) >= 11 is 3.51. The van der Waals surface area contributed by atoms with Crippen LogP contribution in [-0.4, -0.2) is 32.6 Å². The standard InChI is InChI=1S/C20H23BrN4O2/c1-12-15(20(27)22-19-18(12)13(2)23-25(19)4)9-10-17(26)24(3)11-14-7-5-6-8-16(14)21/h5-8H,9-11H2,1-4H3,(H,22,27). The van der Waals surface area contributed by atoms with Gasteiger partial charge in [-0.15, -0.1) is 0 Å². The van der Waals surface area contributed by atoms with E-state index in [9.17, 15) is 9.59 Å². The number of rotatable bonds is 5. The Balaban J connectivity index is 1.76. The van der Waals surface area contributed by atoms with Crippen molar-refractivity contribution >= 4 is 32.9 Å². The van der Waals surface area contributed by atoms with E-state index >= 15 is 0 Å². The molecule has 0 bridgehead atoms. The molecule has 0 saturated carbocycles. The number of carbonyl (C=O) groups is 1. The minimum absolute atomic E-state index is 0.00700. The zero-order valence-corrected chi connectivity index (χ0v) is 17.6. The maximum atomic E-state index is 12.6. The van der Waals surface area contributed by atoms with E-state index in [-0.39, 0.29) is 17.9 Å². The summed E-state index contributed by atoms with van der Waals surface area (Å²) in [7, 11) is 3.60. The van der Waals surface area contributed by atoms with E-state index in [1.807, 2.05) is 45.2 Å². The maximum absolute atomic E-state index is 12.6. The first kappa shape index (κ1) is 19.4. The van der Waals surface area contributed by atoms with Crippen LogP contribution in [0.4, 0.5) is 0 Å². The van der Waals surface area contributed by atoms with Crippen molar-refractivity contribution in [1.29, 1.82) is 0 Å². The Hall–Kier alpha value is -2.41. The van der Waals surface area contributed by atoms with Gasteiger partial charge in [0, 0.05) is 42.5 Å². The fourth-order valence-electron chi connectivity index (χ4n) is 3.45. The number of hydrogen-bond acceptors (Lipinski definition) is 3. The van der Waals surface area contributed by atoms with Crippen LogP contribution in [0.1, 0.15) is 28.8 Å². The van der Waals surface area contributed by atoms with Crippen LogP contribution >= 0.6 is 15.9 Å². The van der Waals surface area contributed by atoms with Gasteiger partial charge in [0.15, 0.2) is 0 Å². The lowest BCUT2D eigenvalue weighted by Gasteiger charge is -2.18. The second-order valence-electron chi connectivity index (χ2n) is 6.83. The molecular weight excluding hydrogens is 408 g/mol. The van der Waals surface area contributed by atoms with Crippen LogP contribution in [-0.2, 0) is 24.8 Å². The monoisotopic (exact) mass is 430 g/mol. The normalized spacial score (nSPS) is 11.1. The molecule has 0 fully saturated rings. The summed E-state index contributed by atoms with van der Waals surface area (Å²) < 4.78 is 2.66. The predicted octanol–water partition coefficient (Wildman–Crippen LogP) is 3.23. The third kappa shape index (κ3) is 3.83. The van der Waals surface area contributed by atoms with Crippen LogP contribution in [0.2, 0.25) is 0 Å². The lowest BCUT2D eigenvalue weighted by Crippen LogP contribution is -2.27. The molecule has 0 radical (unpaired) electrons. The number of pyridine rings is 1. The molecule has 0 aliphatic heterocycles. The van der Waals surface area contributed by atoms with Crippen LogP contribution < -0.4 is 5.56 Å². The van der Waals surface area contributed by atoms with Crippen LogP contribution in [0.3, 0.4) is 0 Å². The molecule has 7 heteroatoms. The summed E-state index contributed by atoms with van der Waals surface area (Å²) in [5.41, 5.74) is 4.05. The predicted molar refractivity (Wildman–Crippen MR) is 110 cm³/mol. The Bertz CT molecular complexity index is 1070. The summed E-state index contributed by atoms with van der Waals surface area (Å²) in [5.74, 6) is 0.00700. The minimum Gasteiger partial charge on any atom is -0.341 e. The fraction of sp³-hybridized carbons (Fsp3) is 0.350. The van der Waals surface area contributed by atoms with Gasteiger partial charge in [-0.3, -0.25) is 14.3 Å². The summed E-state index contributed by atoms with van der Waals surface area (Å²) in [6.45, 7) is 4.38. The van der Waals surface area contributed by atoms with Gasteiger partial charge >= 0.3 is 0 Å². The molecule has 0 aliphatic carbocycles. The number of amides is 1. The van der Waals surface area contributed by atoms with Gasteiger partial charge in [-0.1, -0.05) is 34.1 Å². The quantitative estimate of drug-likeness (QED) is 0.675. The molecule has 2 aromatic heterocycles. The molecule has 0 aliphatic rings. The number of hydrogen-bond donors (Lipinski definition) is 1. The summed E-state index contributed by atoms with van der Waals surface area (Å²) in [4.78, 5) is 29.7. The highest BCUT2D eigenvalue weighted by molar-refractivity contribution is 9.10. The van der Waals surface area contributed by atoms with Gasteiger partial charge in [0.25, 0.3) is 5.56 Å². The molecule has 0 saturated heterocycles. The lowest BCUT2D eigenvalue weighted by atomic mass is 10.0. The highest BCUT2D eigenvalue weighted by Gasteiger charge is 2.17. The third-order valence-electron chi connectivity index (χ3n) is 4.94.